The third-order valence-corrected chi connectivity index (χ3v) is 5.24. The van der Waals surface area contributed by atoms with Crippen LogP contribution in [0, 0.1) is 0 Å². The van der Waals surface area contributed by atoms with Gasteiger partial charge in [-0.15, -0.1) is 21.5 Å². The summed E-state index contributed by atoms with van der Waals surface area (Å²) in [5.41, 5.74) is 2.21. The Hall–Kier alpha value is -2.98. The van der Waals surface area contributed by atoms with Crippen molar-refractivity contribution >= 4 is 39.8 Å². The number of rotatable bonds is 6. The average Bonchev–Trinajstić information content (AvgIpc) is 3.35. The van der Waals surface area contributed by atoms with Crippen molar-refractivity contribution in [1.82, 2.24) is 24.8 Å². The number of amides is 1. The zero-order valence-electron chi connectivity index (χ0n) is 14.2. The van der Waals surface area contributed by atoms with Crippen molar-refractivity contribution in [3.8, 4) is 17.0 Å². The standard InChI is InChI=1S/C17H14N6O2S2/c1-25-13-5-3-2-4-11(13)12-6-7-14-20-21-17(23(14)22-12)27-10-15(24)19-16-18-8-9-26-16/h2-9H,10H2,1H3,(H,18,19,24). The van der Waals surface area contributed by atoms with E-state index in [9.17, 15) is 4.79 Å². The Kier molecular flexibility index (Phi) is 4.99. The molecule has 0 atom stereocenters. The first-order valence-corrected chi connectivity index (χ1v) is 9.79. The zero-order chi connectivity index (χ0) is 18.6. The van der Waals surface area contributed by atoms with Gasteiger partial charge in [-0.1, -0.05) is 23.9 Å². The van der Waals surface area contributed by atoms with E-state index in [2.05, 4.69) is 25.6 Å². The molecule has 1 aromatic carbocycles. The number of hydrogen-bond acceptors (Lipinski definition) is 8. The van der Waals surface area contributed by atoms with Gasteiger partial charge >= 0.3 is 0 Å². The lowest BCUT2D eigenvalue weighted by atomic mass is 10.1. The molecular formula is C17H14N6O2S2. The summed E-state index contributed by atoms with van der Waals surface area (Å²) in [5.74, 6) is 0.753. The maximum absolute atomic E-state index is 12.1. The van der Waals surface area contributed by atoms with Gasteiger partial charge in [0.1, 0.15) is 5.75 Å². The molecule has 3 heterocycles. The van der Waals surface area contributed by atoms with E-state index in [1.807, 2.05) is 36.4 Å². The molecule has 0 aliphatic carbocycles. The maximum atomic E-state index is 12.1. The van der Waals surface area contributed by atoms with E-state index in [4.69, 9.17) is 4.74 Å². The second kappa shape index (κ2) is 7.72. The lowest BCUT2D eigenvalue weighted by Crippen LogP contribution is -2.14. The summed E-state index contributed by atoms with van der Waals surface area (Å²) >= 11 is 2.63. The van der Waals surface area contributed by atoms with E-state index < -0.39 is 0 Å². The quantitative estimate of drug-likeness (QED) is 0.499. The number of carbonyl (C=O) groups is 1. The van der Waals surface area contributed by atoms with Gasteiger partial charge in [-0.25, -0.2) is 4.98 Å². The molecule has 0 bridgehead atoms. The van der Waals surface area contributed by atoms with Crippen molar-refractivity contribution in [3.63, 3.8) is 0 Å². The fourth-order valence-corrected chi connectivity index (χ4v) is 3.66. The summed E-state index contributed by atoms with van der Waals surface area (Å²) in [7, 11) is 1.62. The Labute approximate surface area is 162 Å². The highest BCUT2D eigenvalue weighted by Gasteiger charge is 2.13. The number of ether oxygens (including phenoxy) is 1. The van der Waals surface area contributed by atoms with Crippen LogP contribution in [0.25, 0.3) is 16.9 Å². The molecule has 4 aromatic rings. The van der Waals surface area contributed by atoms with Crippen LogP contribution < -0.4 is 10.1 Å². The molecule has 0 aliphatic rings. The fraction of sp³-hybridized carbons (Fsp3) is 0.118. The van der Waals surface area contributed by atoms with E-state index in [1.54, 1.807) is 23.2 Å². The number of methoxy groups -OCH3 is 1. The van der Waals surface area contributed by atoms with Crippen molar-refractivity contribution in [3.05, 3.63) is 48.0 Å². The number of carbonyl (C=O) groups excluding carboxylic acids is 1. The van der Waals surface area contributed by atoms with Crippen LogP contribution >= 0.6 is 23.1 Å². The molecule has 0 fully saturated rings. The molecular weight excluding hydrogens is 384 g/mol. The number of aromatic nitrogens is 5. The summed E-state index contributed by atoms with van der Waals surface area (Å²) < 4.78 is 7.04. The zero-order valence-corrected chi connectivity index (χ0v) is 15.8. The molecule has 10 heteroatoms. The van der Waals surface area contributed by atoms with Crippen LogP contribution in [0.4, 0.5) is 5.13 Å². The predicted octanol–water partition coefficient (Wildman–Crippen LogP) is 2.99. The average molecular weight is 398 g/mol. The number of nitrogens with zero attached hydrogens (tertiary/aromatic N) is 5. The van der Waals surface area contributed by atoms with Crippen molar-refractivity contribution < 1.29 is 9.53 Å². The number of nitrogens with one attached hydrogen (secondary N) is 1. The highest BCUT2D eigenvalue weighted by molar-refractivity contribution is 7.99. The molecule has 0 aliphatic heterocycles. The second-order valence-corrected chi connectivity index (χ2v) is 7.18. The first-order valence-electron chi connectivity index (χ1n) is 7.92. The van der Waals surface area contributed by atoms with Gasteiger partial charge in [-0.3, -0.25) is 4.79 Å². The van der Waals surface area contributed by atoms with E-state index >= 15 is 0 Å². The smallest absolute Gasteiger partial charge is 0.236 e. The predicted molar refractivity (Wildman–Crippen MR) is 104 cm³/mol. The van der Waals surface area contributed by atoms with Crippen LogP contribution in [0.3, 0.4) is 0 Å². The SMILES string of the molecule is COc1ccccc1-c1ccc2nnc(SCC(=O)Nc3nccs3)n2n1. The molecule has 3 aromatic heterocycles. The molecule has 4 rings (SSSR count). The molecule has 0 unspecified atom stereocenters. The van der Waals surface area contributed by atoms with E-state index in [0.29, 0.717) is 15.9 Å². The molecule has 8 nitrogen and oxygen atoms in total. The Morgan fingerprint density at radius 1 is 1.26 bits per heavy atom. The van der Waals surface area contributed by atoms with Crippen molar-refractivity contribution in [2.24, 2.45) is 0 Å². The van der Waals surface area contributed by atoms with Crippen molar-refractivity contribution in [2.75, 3.05) is 18.2 Å². The van der Waals surface area contributed by atoms with Crippen LogP contribution in [0.1, 0.15) is 0 Å². The van der Waals surface area contributed by atoms with Gasteiger partial charge in [0.15, 0.2) is 10.8 Å². The molecule has 136 valence electrons. The van der Waals surface area contributed by atoms with Gasteiger partial charge in [0.05, 0.1) is 18.6 Å². The van der Waals surface area contributed by atoms with Crippen molar-refractivity contribution in [1.29, 1.82) is 0 Å². The summed E-state index contributed by atoms with van der Waals surface area (Å²) in [6.45, 7) is 0. The number of thioether (sulfide) groups is 1. The van der Waals surface area contributed by atoms with Crippen LogP contribution in [0.2, 0.25) is 0 Å². The maximum Gasteiger partial charge on any atom is 0.236 e. The molecule has 0 spiro atoms. The highest BCUT2D eigenvalue weighted by atomic mass is 32.2. The lowest BCUT2D eigenvalue weighted by Gasteiger charge is -2.08. The number of anilines is 1. The van der Waals surface area contributed by atoms with Crippen LogP contribution in [0.15, 0.2) is 53.1 Å². The Bertz CT molecular complexity index is 1080. The number of para-hydroxylation sites is 1. The topological polar surface area (TPSA) is 94.3 Å². The van der Waals surface area contributed by atoms with Gasteiger partial charge in [-0.05, 0) is 24.3 Å². The number of fused-ring (bicyclic) bond motifs is 1. The highest BCUT2D eigenvalue weighted by Crippen LogP contribution is 2.28. The molecule has 1 N–H and O–H groups in total. The summed E-state index contributed by atoms with van der Waals surface area (Å²) in [5, 5.41) is 18.5. The van der Waals surface area contributed by atoms with Gasteiger partial charge in [0.25, 0.3) is 0 Å². The van der Waals surface area contributed by atoms with E-state index in [-0.39, 0.29) is 11.7 Å². The third-order valence-electron chi connectivity index (χ3n) is 3.63. The van der Waals surface area contributed by atoms with E-state index in [0.717, 1.165) is 17.0 Å². The lowest BCUT2D eigenvalue weighted by molar-refractivity contribution is -0.113. The monoisotopic (exact) mass is 398 g/mol. The first kappa shape index (κ1) is 17.4. The van der Waals surface area contributed by atoms with Crippen molar-refractivity contribution in [2.45, 2.75) is 5.16 Å². The third kappa shape index (κ3) is 3.76. The molecule has 0 saturated carbocycles. The number of benzene rings is 1. The number of hydrogen-bond donors (Lipinski definition) is 1. The van der Waals surface area contributed by atoms with Gasteiger partial charge < -0.3 is 10.1 Å². The van der Waals surface area contributed by atoms with Gasteiger partial charge in [0.2, 0.25) is 11.1 Å². The summed E-state index contributed by atoms with van der Waals surface area (Å²) in [6.07, 6.45) is 1.64. The summed E-state index contributed by atoms with van der Waals surface area (Å²) in [6, 6.07) is 11.3. The van der Waals surface area contributed by atoms with Crippen LogP contribution in [-0.2, 0) is 4.79 Å². The molecule has 0 radical (unpaired) electrons. The molecule has 27 heavy (non-hydrogen) atoms. The summed E-state index contributed by atoms with van der Waals surface area (Å²) in [4.78, 5) is 16.1. The minimum Gasteiger partial charge on any atom is -0.496 e. The second-order valence-electron chi connectivity index (χ2n) is 5.35. The largest absolute Gasteiger partial charge is 0.496 e. The van der Waals surface area contributed by atoms with Crippen LogP contribution in [0.5, 0.6) is 5.75 Å². The first-order chi connectivity index (χ1) is 13.2. The molecule has 1 amide bonds. The normalized spacial score (nSPS) is 10.9. The molecule has 0 saturated heterocycles. The Morgan fingerprint density at radius 2 is 2.15 bits per heavy atom. The van der Waals surface area contributed by atoms with Gasteiger partial charge in [-0.2, -0.15) is 9.61 Å². The Morgan fingerprint density at radius 3 is 2.96 bits per heavy atom. The minimum atomic E-state index is -0.160. The van der Waals surface area contributed by atoms with E-state index in [1.165, 1.54) is 23.1 Å². The van der Waals surface area contributed by atoms with Crippen LogP contribution in [-0.4, -0.2) is 43.6 Å². The Balaban J connectivity index is 1.56. The van der Waals surface area contributed by atoms with Gasteiger partial charge in [0, 0.05) is 17.1 Å². The fourth-order valence-electron chi connectivity index (χ4n) is 2.43. The number of thiazole rings is 1. The minimum absolute atomic E-state index is 0.160.